The highest BCUT2D eigenvalue weighted by Gasteiger charge is 2.51. The lowest BCUT2D eigenvalue weighted by Crippen LogP contribution is -2.41. The quantitative estimate of drug-likeness (QED) is 0.431. The molecule has 3 nitrogen and oxygen atoms in total. The minimum absolute atomic E-state index is 0.122. The van der Waals surface area contributed by atoms with E-state index < -0.39 is 24.4 Å². The summed E-state index contributed by atoms with van der Waals surface area (Å²) in [4.78, 5) is 0. The number of rotatable bonds is 2. The Kier molecular flexibility index (Phi) is 2.73. The topological polar surface area (TPSA) is 31.6 Å². The zero-order valence-corrected chi connectivity index (χ0v) is 16.3. The summed E-state index contributed by atoms with van der Waals surface area (Å²) in [7, 11) is -0.534. The third kappa shape index (κ3) is 2.60. The number of benzene rings is 3. The zero-order valence-electron chi connectivity index (χ0n) is 21.3. The van der Waals surface area contributed by atoms with Crippen molar-refractivity contribution in [2.75, 3.05) is 0 Å². The van der Waals surface area contributed by atoms with Crippen LogP contribution in [-0.4, -0.2) is 18.3 Å². The summed E-state index contributed by atoms with van der Waals surface area (Å²) >= 11 is 0. The van der Waals surface area contributed by atoms with Crippen molar-refractivity contribution in [2.24, 2.45) is 0 Å². The van der Waals surface area contributed by atoms with Gasteiger partial charge >= 0.3 is 7.12 Å². The minimum Gasteiger partial charge on any atom is -0.455 e. The Bertz CT molecular complexity index is 1400. The summed E-state index contributed by atoms with van der Waals surface area (Å²) in [6.07, 6.45) is 0. The molecule has 0 amide bonds. The first-order chi connectivity index (χ1) is 15.4. The molecule has 3 aromatic carbocycles. The molecule has 0 unspecified atom stereocenters. The van der Waals surface area contributed by atoms with Crippen LogP contribution in [-0.2, 0) is 9.31 Å². The van der Waals surface area contributed by atoms with Gasteiger partial charge in [-0.25, -0.2) is 0 Å². The lowest BCUT2D eigenvalue weighted by atomic mass is 9.79. The van der Waals surface area contributed by atoms with Crippen LogP contribution < -0.4 is 5.46 Å². The minimum atomic E-state index is -0.534. The molecule has 1 aliphatic rings. The molecule has 0 saturated carbocycles. The summed E-state index contributed by atoms with van der Waals surface area (Å²) in [6, 6.07) is 9.49. The SMILES string of the molecule is [2H]c1c([2H])c([2H])c(-c2cccc3c2oc2cc(B4OC(C)(C)C(C)(C)O4)ccc23)c([2H])c1[2H]. The molecule has 2 heterocycles. The van der Waals surface area contributed by atoms with E-state index in [0.29, 0.717) is 16.7 Å². The van der Waals surface area contributed by atoms with Crippen LogP contribution in [0.25, 0.3) is 33.1 Å². The number of fused-ring (bicyclic) bond motifs is 3. The molecule has 1 aliphatic heterocycles. The summed E-state index contributed by atoms with van der Waals surface area (Å²) in [5.41, 5.74) is 1.55. The number of para-hydroxylation sites is 1. The summed E-state index contributed by atoms with van der Waals surface area (Å²) in [5, 5.41) is 1.66. The van der Waals surface area contributed by atoms with Gasteiger partial charge in [0.15, 0.2) is 0 Å². The van der Waals surface area contributed by atoms with E-state index in [4.69, 9.17) is 20.6 Å². The van der Waals surface area contributed by atoms with Crippen LogP contribution in [0.2, 0.25) is 0 Å². The second-order valence-corrected chi connectivity index (χ2v) is 8.13. The fourth-order valence-electron chi connectivity index (χ4n) is 3.52. The first-order valence-corrected chi connectivity index (χ1v) is 9.31. The van der Waals surface area contributed by atoms with Crippen molar-refractivity contribution in [3.63, 3.8) is 0 Å². The fraction of sp³-hybridized carbons (Fsp3) is 0.250. The van der Waals surface area contributed by atoms with Crippen molar-refractivity contribution in [3.05, 3.63) is 66.6 Å². The third-order valence-corrected chi connectivity index (χ3v) is 5.82. The molecule has 1 saturated heterocycles. The molecule has 0 N–H and O–H groups in total. The smallest absolute Gasteiger partial charge is 0.455 e. The summed E-state index contributed by atoms with van der Waals surface area (Å²) in [6.45, 7) is 8.00. The predicted octanol–water partition coefficient (Wildman–Crippen LogP) is 5.55. The number of hydrogen-bond donors (Lipinski definition) is 0. The number of hydrogen-bond acceptors (Lipinski definition) is 3. The molecule has 1 aromatic heterocycles. The monoisotopic (exact) mass is 375 g/mol. The molecular formula is C24H23BO3. The first kappa shape index (κ1) is 12.8. The van der Waals surface area contributed by atoms with Crippen LogP contribution in [0.5, 0.6) is 0 Å². The van der Waals surface area contributed by atoms with Crippen LogP contribution in [0.1, 0.15) is 34.5 Å². The highest BCUT2D eigenvalue weighted by molar-refractivity contribution is 6.62. The molecule has 0 aliphatic carbocycles. The van der Waals surface area contributed by atoms with E-state index in [0.717, 1.165) is 16.2 Å². The second kappa shape index (κ2) is 5.97. The Morgan fingerprint density at radius 3 is 2.29 bits per heavy atom. The van der Waals surface area contributed by atoms with Crippen molar-refractivity contribution in [3.8, 4) is 11.1 Å². The van der Waals surface area contributed by atoms with E-state index in [1.54, 1.807) is 12.1 Å². The van der Waals surface area contributed by atoms with Gasteiger partial charge in [-0.05, 0) is 44.8 Å². The van der Waals surface area contributed by atoms with Crippen molar-refractivity contribution >= 4 is 34.5 Å². The van der Waals surface area contributed by atoms with Crippen molar-refractivity contribution in [1.29, 1.82) is 0 Å². The van der Waals surface area contributed by atoms with Crippen molar-refractivity contribution in [2.45, 2.75) is 38.9 Å². The first-order valence-electron chi connectivity index (χ1n) is 11.8. The highest BCUT2D eigenvalue weighted by atomic mass is 16.7. The van der Waals surface area contributed by atoms with Crippen LogP contribution in [0.4, 0.5) is 0 Å². The molecule has 4 aromatic rings. The van der Waals surface area contributed by atoms with E-state index in [1.165, 1.54) is 0 Å². The maximum Gasteiger partial charge on any atom is 0.494 e. The Hall–Kier alpha value is -2.56. The van der Waals surface area contributed by atoms with Gasteiger partial charge in [-0.3, -0.25) is 0 Å². The molecule has 28 heavy (non-hydrogen) atoms. The van der Waals surface area contributed by atoms with Crippen molar-refractivity contribution < 1.29 is 20.6 Å². The maximum absolute atomic E-state index is 8.36. The third-order valence-electron chi connectivity index (χ3n) is 5.82. The molecule has 0 radical (unpaired) electrons. The van der Waals surface area contributed by atoms with Gasteiger partial charge in [0.25, 0.3) is 0 Å². The molecule has 140 valence electrons. The van der Waals surface area contributed by atoms with E-state index in [1.807, 2.05) is 52.0 Å². The Balaban J connectivity index is 1.69. The van der Waals surface area contributed by atoms with Gasteiger partial charge in [-0.15, -0.1) is 0 Å². The van der Waals surface area contributed by atoms with E-state index >= 15 is 0 Å². The van der Waals surface area contributed by atoms with Gasteiger partial charge in [0, 0.05) is 16.3 Å². The fourth-order valence-corrected chi connectivity index (χ4v) is 3.52. The Morgan fingerprint density at radius 1 is 0.857 bits per heavy atom. The van der Waals surface area contributed by atoms with Crippen molar-refractivity contribution in [1.82, 2.24) is 0 Å². The predicted molar refractivity (Wildman–Crippen MR) is 115 cm³/mol. The van der Waals surface area contributed by atoms with Gasteiger partial charge < -0.3 is 13.7 Å². The number of furan rings is 1. The lowest BCUT2D eigenvalue weighted by molar-refractivity contribution is 0.00578. The molecule has 1 fully saturated rings. The zero-order chi connectivity index (χ0) is 23.9. The van der Waals surface area contributed by atoms with Gasteiger partial charge in [0.1, 0.15) is 11.2 Å². The standard InChI is InChI=1S/C24H23BO3/c1-23(2)24(3,4)28-25(27-23)17-13-14-19-20-12-8-11-18(16-9-6-5-7-10-16)22(20)26-21(19)15-17/h5-15H,1-4H3/i5D,6D,7D,9D,10D. The van der Waals surface area contributed by atoms with Gasteiger partial charge in [0.2, 0.25) is 0 Å². The molecule has 0 bridgehead atoms. The van der Waals surface area contributed by atoms with E-state index in [2.05, 4.69) is 0 Å². The average molecular weight is 375 g/mol. The van der Waals surface area contributed by atoms with Crippen LogP contribution >= 0.6 is 0 Å². The van der Waals surface area contributed by atoms with Gasteiger partial charge in [0.05, 0.1) is 18.1 Å². The van der Waals surface area contributed by atoms with Gasteiger partial charge in [-0.1, -0.05) is 60.5 Å². The molecule has 0 spiro atoms. The maximum atomic E-state index is 8.36. The van der Waals surface area contributed by atoms with Gasteiger partial charge in [-0.2, -0.15) is 0 Å². The lowest BCUT2D eigenvalue weighted by Gasteiger charge is -2.32. The van der Waals surface area contributed by atoms with E-state index in [-0.39, 0.29) is 29.7 Å². The highest BCUT2D eigenvalue weighted by Crippen LogP contribution is 2.38. The molecule has 4 heteroatoms. The normalized spacial score (nSPS) is 20.7. The average Bonchev–Trinajstić information content (AvgIpc) is 3.24. The summed E-state index contributed by atoms with van der Waals surface area (Å²) < 4.78 is 59.2. The van der Waals surface area contributed by atoms with Crippen LogP contribution in [0.15, 0.2) is 71.0 Å². The Morgan fingerprint density at radius 2 is 1.57 bits per heavy atom. The second-order valence-electron chi connectivity index (χ2n) is 8.13. The molecule has 5 rings (SSSR count). The van der Waals surface area contributed by atoms with Crippen LogP contribution in [0.3, 0.4) is 0 Å². The molecular weight excluding hydrogens is 347 g/mol. The van der Waals surface area contributed by atoms with E-state index in [9.17, 15) is 0 Å². The Labute approximate surface area is 172 Å². The summed E-state index contributed by atoms with van der Waals surface area (Å²) in [5.74, 6) is 0. The largest absolute Gasteiger partial charge is 0.494 e. The molecule has 0 atom stereocenters. The van der Waals surface area contributed by atoms with Crippen LogP contribution in [0, 0.1) is 0 Å².